The van der Waals surface area contributed by atoms with Crippen molar-refractivity contribution in [3.8, 4) is 0 Å². The first-order valence-electron chi connectivity index (χ1n) is 7.18. The number of hydrogen-bond acceptors (Lipinski definition) is 3. The molecule has 0 aromatic heterocycles. The van der Waals surface area contributed by atoms with Gasteiger partial charge in [-0.15, -0.1) is 0 Å². The molecule has 128 valence electrons. The van der Waals surface area contributed by atoms with Crippen LogP contribution in [0, 0.1) is 13.8 Å². The topological polar surface area (TPSA) is 51.2 Å². The summed E-state index contributed by atoms with van der Waals surface area (Å²) in [6, 6.07) is 20.5. The van der Waals surface area contributed by atoms with Gasteiger partial charge in [0.05, 0.1) is 0 Å². The molecule has 0 heterocycles. The fourth-order valence-electron chi connectivity index (χ4n) is 1.07. The Kier molecular flexibility index (Phi) is 13.9. The summed E-state index contributed by atoms with van der Waals surface area (Å²) in [4.78, 5) is 9.44. The lowest BCUT2D eigenvalue weighted by Crippen LogP contribution is -1.86. The highest BCUT2D eigenvalue weighted by atomic mass is 32.2. The van der Waals surface area contributed by atoms with Gasteiger partial charge in [-0.1, -0.05) is 71.8 Å². The predicted molar refractivity (Wildman–Crippen MR) is 99.5 cm³/mol. The molecule has 3 nitrogen and oxygen atoms in total. The van der Waals surface area contributed by atoms with Crippen molar-refractivity contribution in [3.63, 3.8) is 0 Å². The normalized spacial score (nSPS) is 8.96. The number of hydrogen-bond donors (Lipinski definition) is 0. The Morgan fingerprint density at radius 1 is 0.696 bits per heavy atom. The van der Waals surface area contributed by atoms with Crippen LogP contribution < -0.4 is 0 Å². The second-order valence-corrected chi connectivity index (χ2v) is 7.65. The lowest BCUT2D eigenvalue weighted by atomic mass is 10.2. The maximum Gasteiger partial charge on any atom is 0.144 e. The molecule has 0 N–H and O–H groups in total. The molecular formula is C19H28O3S. The van der Waals surface area contributed by atoms with Crippen molar-refractivity contribution in [2.75, 3.05) is 12.5 Å². The van der Waals surface area contributed by atoms with Gasteiger partial charge in [0.15, 0.2) is 0 Å². The van der Waals surface area contributed by atoms with Gasteiger partial charge in [0.25, 0.3) is 0 Å². The van der Waals surface area contributed by atoms with Gasteiger partial charge in [-0.05, 0) is 27.7 Å². The van der Waals surface area contributed by atoms with Crippen LogP contribution >= 0.6 is 0 Å². The van der Waals surface area contributed by atoms with Crippen molar-refractivity contribution in [2.24, 2.45) is 0 Å². The average molecular weight is 336 g/mol. The van der Waals surface area contributed by atoms with Crippen LogP contribution in [-0.4, -0.2) is 26.7 Å². The smallest absolute Gasteiger partial charge is 0.144 e. The largest absolute Gasteiger partial charge is 0.300 e. The molecule has 4 heteroatoms. The Morgan fingerprint density at radius 2 is 0.870 bits per heavy atom. The van der Waals surface area contributed by atoms with Crippen molar-refractivity contribution in [1.29, 1.82) is 0 Å². The number of aryl methyl sites for hydroxylation is 2. The fraction of sp³-hybridized carbons (Fsp3) is 0.316. The van der Waals surface area contributed by atoms with E-state index in [0.717, 1.165) is 12.5 Å². The van der Waals surface area contributed by atoms with E-state index in [1.165, 1.54) is 25.0 Å². The van der Waals surface area contributed by atoms with Crippen LogP contribution in [0.4, 0.5) is 0 Å². The molecule has 0 radical (unpaired) electrons. The van der Waals surface area contributed by atoms with Crippen molar-refractivity contribution in [2.45, 2.75) is 27.7 Å². The lowest BCUT2D eigenvalue weighted by Gasteiger charge is -1.82. The molecule has 0 amide bonds. The van der Waals surface area contributed by atoms with Crippen LogP contribution in [0.2, 0.25) is 0 Å². The highest BCUT2D eigenvalue weighted by Gasteiger charge is 1.79. The van der Waals surface area contributed by atoms with Crippen LogP contribution in [0.5, 0.6) is 0 Å². The van der Waals surface area contributed by atoms with Crippen LogP contribution in [0.15, 0.2) is 60.7 Å². The van der Waals surface area contributed by atoms with Gasteiger partial charge in [0.2, 0.25) is 0 Å². The minimum absolute atomic E-state index is 0.167. The van der Waals surface area contributed by atoms with Crippen molar-refractivity contribution in [3.05, 3.63) is 71.8 Å². The summed E-state index contributed by atoms with van der Waals surface area (Å²) in [5.41, 5.74) is 2.64. The Balaban J connectivity index is 0. The van der Waals surface area contributed by atoms with Crippen LogP contribution in [-0.2, 0) is 14.6 Å². The minimum atomic E-state index is -2.67. The van der Waals surface area contributed by atoms with E-state index in [9.17, 15) is 13.2 Å². The quantitative estimate of drug-likeness (QED) is 0.723. The number of sulfone groups is 1. The maximum atomic E-state index is 9.63. The third kappa shape index (κ3) is 33.1. The standard InChI is InChI=1S/2C7H8.C3H6O.C2H6O2S/c2*1-7-5-3-2-4-6-7;1-3(2)4;1-5(2,3)4/h2*2-6H,1H3;1-2H3;1-2H3. The minimum Gasteiger partial charge on any atom is -0.300 e. The molecule has 0 unspecified atom stereocenters. The summed E-state index contributed by atoms with van der Waals surface area (Å²) >= 11 is 0. The summed E-state index contributed by atoms with van der Waals surface area (Å²) in [5, 5.41) is 0. The zero-order valence-electron chi connectivity index (χ0n) is 14.9. The van der Waals surface area contributed by atoms with Gasteiger partial charge in [-0.3, -0.25) is 0 Å². The Bertz CT molecular complexity index is 569. The molecule has 2 aromatic carbocycles. The number of rotatable bonds is 0. The number of carbonyl (C=O) groups excluding carboxylic acids is 1. The molecule has 0 aliphatic heterocycles. The molecule has 0 atom stereocenters. The number of Topliss-reactive ketones (excluding diaryl/α,β-unsaturated/α-hetero) is 1. The van der Waals surface area contributed by atoms with Crippen molar-refractivity contribution >= 4 is 15.6 Å². The molecule has 2 aromatic rings. The molecule has 0 spiro atoms. The molecule has 2 rings (SSSR count). The molecule has 0 aliphatic carbocycles. The predicted octanol–water partition coefficient (Wildman–Crippen LogP) is 4.25. The zero-order valence-corrected chi connectivity index (χ0v) is 15.7. The van der Waals surface area contributed by atoms with Crippen molar-refractivity contribution < 1.29 is 13.2 Å². The third-order valence-corrected chi connectivity index (χ3v) is 1.88. The number of ketones is 1. The van der Waals surface area contributed by atoms with Gasteiger partial charge in [0, 0.05) is 12.5 Å². The van der Waals surface area contributed by atoms with Crippen molar-refractivity contribution in [1.82, 2.24) is 0 Å². The number of benzene rings is 2. The first-order valence-corrected chi connectivity index (χ1v) is 9.47. The number of carbonyl (C=O) groups is 1. The monoisotopic (exact) mass is 336 g/mol. The van der Waals surface area contributed by atoms with Gasteiger partial charge in [-0.25, -0.2) is 8.42 Å². The molecule has 0 saturated carbocycles. The summed E-state index contributed by atoms with van der Waals surface area (Å²) in [7, 11) is -2.67. The van der Waals surface area contributed by atoms with E-state index in [0.29, 0.717) is 0 Å². The summed E-state index contributed by atoms with van der Waals surface area (Å²) in [6.07, 6.45) is 2.32. The molecule has 23 heavy (non-hydrogen) atoms. The van der Waals surface area contributed by atoms with E-state index in [4.69, 9.17) is 0 Å². The van der Waals surface area contributed by atoms with E-state index >= 15 is 0 Å². The molecule has 0 saturated heterocycles. The van der Waals surface area contributed by atoms with E-state index < -0.39 is 9.84 Å². The molecule has 0 fully saturated rings. The Morgan fingerprint density at radius 3 is 0.957 bits per heavy atom. The highest BCUT2D eigenvalue weighted by molar-refractivity contribution is 7.89. The summed E-state index contributed by atoms with van der Waals surface area (Å²) in [6.45, 7) is 7.22. The van der Waals surface area contributed by atoms with E-state index in [1.54, 1.807) is 0 Å². The maximum absolute atomic E-state index is 9.63. The first kappa shape index (κ1) is 23.3. The van der Waals surface area contributed by atoms with E-state index in [2.05, 4.69) is 38.1 Å². The Hall–Kier alpha value is -1.94. The average Bonchev–Trinajstić information content (AvgIpc) is 2.38. The van der Waals surface area contributed by atoms with Gasteiger partial charge in [0.1, 0.15) is 15.6 Å². The van der Waals surface area contributed by atoms with E-state index in [-0.39, 0.29) is 5.78 Å². The molecular weight excluding hydrogens is 308 g/mol. The lowest BCUT2D eigenvalue weighted by molar-refractivity contribution is -0.114. The highest BCUT2D eigenvalue weighted by Crippen LogP contribution is 1.92. The van der Waals surface area contributed by atoms with Gasteiger partial charge < -0.3 is 4.79 Å². The van der Waals surface area contributed by atoms with Gasteiger partial charge in [-0.2, -0.15) is 0 Å². The fourth-order valence-corrected chi connectivity index (χ4v) is 1.07. The summed E-state index contributed by atoms with van der Waals surface area (Å²) < 4.78 is 19.3. The van der Waals surface area contributed by atoms with Crippen LogP contribution in [0.3, 0.4) is 0 Å². The third-order valence-electron chi connectivity index (χ3n) is 1.88. The first-order chi connectivity index (χ1) is 10.5. The van der Waals surface area contributed by atoms with Gasteiger partial charge >= 0.3 is 0 Å². The van der Waals surface area contributed by atoms with Crippen LogP contribution in [0.25, 0.3) is 0 Å². The molecule has 0 aliphatic rings. The SMILES string of the molecule is CC(C)=O.CS(C)(=O)=O.Cc1ccccc1.Cc1ccccc1. The second-order valence-electron chi connectivity index (χ2n) is 5.36. The molecule has 0 bridgehead atoms. The second kappa shape index (κ2) is 13.7. The van der Waals surface area contributed by atoms with E-state index in [1.807, 2.05) is 36.4 Å². The summed E-state index contributed by atoms with van der Waals surface area (Å²) in [5.74, 6) is 0.167. The van der Waals surface area contributed by atoms with Crippen LogP contribution in [0.1, 0.15) is 25.0 Å². The zero-order chi connectivity index (χ0) is 18.3. The Labute approximate surface area is 141 Å².